The summed E-state index contributed by atoms with van der Waals surface area (Å²) in [5.41, 5.74) is 2.63. The summed E-state index contributed by atoms with van der Waals surface area (Å²) in [7, 11) is 1.70. The van der Waals surface area contributed by atoms with Gasteiger partial charge in [-0.05, 0) is 54.6 Å². The first-order chi connectivity index (χ1) is 12.5. The second kappa shape index (κ2) is 11.9. The molecule has 2 rings (SSSR count). The third-order valence-electron chi connectivity index (χ3n) is 3.40. The summed E-state index contributed by atoms with van der Waals surface area (Å²) >= 11 is 1.77. The molecule has 0 amide bonds. The molecule has 26 heavy (non-hydrogen) atoms. The van der Waals surface area contributed by atoms with Crippen molar-refractivity contribution in [2.45, 2.75) is 17.9 Å². The predicted octanol–water partition coefficient (Wildman–Crippen LogP) is 2.91. The molecule has 6 nitrogen and oxygen atoms in total. The van der Waals surface area contributed by atoms with Crippen LogP contribution in [0.15, 0.2) is 53.4 Å². The summed E-state index contributed by atoms with van der Waals surface area (Å²) in [6.07, 6.45) is 3.11. The molecule has 0 atom stereocenters. The Morgan fingerprint density at radius 3 is 2.23 bits per heavy atom. The Balaban J connectivity index is 0.000000487. The van der Waals surface area contributed by atoms with Gasteiger partial charge in [0, 0.05) is 11.4 Å². The van der Waals surface area contributed by atoms with Crippen molar-refractivity contribution in [3.63, 3.8) is 0 Å². The molecule has 0 bridgehead atoms. The van der Waals surface area contributed by atoms with E-state index >= 15 is 0 Å². The van der Waals surface area contributed by atoms with Crippen LogP contribution in [-0.2, 0) is 22.6 Å². The Hall–Kier alpha value is -2.51. The van der Waals surface area contributed by atoms with Crippen LogP contribution in [0.4, 0.5) is 0 Å². The normalized spacial score (nSPS) is 9.77. The molecule has 0 radical (unpaired) electrons. The molecule has 0 aliphatic heterocycles. The van der Waals surface area contributed by atoms with E-state index in [0.29, 0.717) is 0 Å². The number of ether oxygens (including phenoxy) is 1. The topological polar surface area (TPSA) is 95.9 Å². The number of rotatable bonds is 7. The van der Waals surface area contributed by atoms with E-state index in [9.17, 15) is 0 Å². The Bertz CT molecular complexity index is 691. The third-order valence-corrected chi connectivity index (χ3v) is 4.14. The number of aliphatic carboxylic acids is 2. The minimum absolute atomic E-state index is 0.915. The van der Waals surface area contributed by atoms with Crippen LogP contribution in [0.2, 0.25) is 0 Å². The SMILES string of the molecule is COc1cccc(CCNCc2ccc(SC)cc2)c1.O=C(O)C(=O)O. The number of hydrogen-bond donors (Lipinski definition) is 3. The minimum atomic E-state index is -1.82. The van der Waals surface area contributed by atoms with Crippen LogP contribution in [0.5, 0.6) is 5.75 Å². The number of carboxylic acids is 2. The Kier molecular flexibility index (Phi) is 9.89. The van der Waals surface area contributed by atoms with Crippen LogP contribution in [0.25, 0.3) is 0 Å². The van der Waals surface area contributed by atoms with Crippen molar-refractivity contribution >= 4 is 23.7 Å². The number of benzene rings is 2. The maximum atomic E-state index is 9.10. The molecule has 0 aliphatic rings. The summed E-state index contributed by atoms with van der Waals surface area (Å²) in [4.78, 5) is 19.5. The van der Waals surface area contributed by atoms with Gasteiger partial charge < -0.3 is 20.3 Å². The molecular weight excluding hydrogens is 354 g/mol. The summed E-state index contributed by atoms with van der Waals surface area (Å²) < 4.78 is 5.23. The molecule has 0 saturated carbocycles. The Morgan fingerprint density at radius 1 is 1.04 bits per heavy atom. The number of hydrogen-bond acceptors (Lipinski definition) is 5. The van der Waals surface area contributed by atoms with E-state index in [2.05, 4.69) is 48.0 Å². The summed E-state index contributed by atoms with van der Waals surface area (Å²) in [6, 6.07) is 17.0. The molecule has 3 N–H and O–H groups in total. The Morgan fingerprint density at radius 2 is 1.69 bits per heavy atom. The highest BCUT2D eigenvalue weighted by Crippen LogP contribution is 2.15. The molecular formula is C19H23NO5S. The van der Waals surface area contributed by atoms with E-state index < -0.39 is 11.9 Å². The second-order valence-electron chi connectivity index (χ2n) is 5.24. The quantitative estimate of drug-likeness (QED) is 0.388. The molecule has 2 aromatic rings. The summed E-state index contributed by atoms with van der Waals surface area (Å²) in [5.74, 6) is -2.72. The molecule has 140 valence electrons. The zero-order chi connectivity index (χ0) is 19.4. The van der Waals surface area contributed by atoms with Gasteiger partial charge in [0.05, 0.1) is 7.11 Å². The van der Waals surface area contributed by atoms with Crippen molar-refractivity contribution in [1.82, 2.24) is 5.32 Å². The third kappa shape index (κ3) is 8.55. The lowest BCUT2D eigenvalue weighted by Gasteiger charge is -2.07. The first-order valence-corrected chi connectivity index (χ1v) is 9.11. The van der Waals surface area contributed by atoms with Gasteiger partial charge in [-0.2, -0.15) is 0 Å². The van der Waals surface area contributed by atoms with Crippen LogP contribution < -0.4 is 10.1 Å². The van der Waals surface area contributed by atoms with Crippen molar-refractivity contribution in [3.05, 3.63) is 59.7 Å². The molecule has 0 aliphatic carbocycles. The van der Waals surface area contributed by atoms with Crippen molar-refractivity contribution in [2.75, 3.05) is 19.9 Å². The van der Waals surface area contributed by atoms with Crippen LogP contribution >= 0.6 is 11.8 Å². The summed E-state index contributed by atoms with van der Waals surface area (Å²) in [5, 5.41) is 18.3. The number of carbonyl (C=O) groups is 2. The van der Waals surface area contributed by atoms with Gasteiger partial charge >= 0.3 is 11.9 Å². The number of nitrogens with one attached hydrogen (secondary N) is 1. The van der Waals surface area contributed by atoms with Gasteiger partial charge in [0.1, 0.15) is 5.75 Å². The highest BCUT2D eigenvalue weighted by atomic mass is 32.2. The fourth-order valence-electron chi connectivity index (χ4n) is 2.04. The molecule has 0 fully saturated rings. The van der Waals surface area contributed by atoms with E-state index in [4.69, 9.17) is 24.5 Å². The molecule has 0 saturated heterocycles. The van der Waals surface area contributed by atoms with Gasteiger partial charge in [0.2, 0.25) is 0 Å². The fourth-order valence-corrected chi connectivity index (χ4v) is 2.45. The standard InChI is InChI=1S/C17H21NOS.C2H2O4/c1-19-16-5-3-4-14(12-16)10-11-18-13-15-6-8-17(20-2)9-7-15;3-1(4)2(5)6/h3-9,12,18H,10-11,13H2,1-2H3;(H,3,4)(H,5,6). The first kappa shape index (κ1) is 21.5. The molecule has 0 spiro atoms. The zero-order valence-corrected chi connectivity index (χ0v) is 15.6. The van der Waals surface area contributed by atoms with Crippen LogP contribution in [0.1, 0.15) is 11.1 Å². The average molecular weight is 377 g/mol. The Labute approximate surface area is 157 Å². The van der Waals surface area contributed by atoms with E-state index in [1.807, 2.05) is 12.1 Å². The van der Waals surface area contributed by atoms with Gasteiger partial charge in [-0.25, -0.2) is 9.59 Å². The number of carboxylic acid groups (broad SMARTS) is 2. The molecule has 0 heterocycles. The van der Waals surface area contributed by atoms with E-state index in [1.54, 1.807) is 18.9 Å². The zero-order valence-electron chi connectivity index (χ0n) is 14.8. The van der Waals surface area contributed by atoms with E-state index in [1.165, 1.54) is 16.0 Å². The fraction of sp³-hybridized carbons (Fsp3) is 0.263. The van der Waals surface area contributed by atoms with E-state index in [0.717, 1.165) is 25.3 Å². The number of methoxy groups -OCH3 is 1. The lowest BCUT2D eigenvalue weighted by molar-refractivity contribution is -0.159. The lowest BCUT2D eigenvalue weighted by atomic mass is 10.1. The van der Waals surface area contributed by atoms with Crippen molar-refractivity contribution in [2.24, 2.45) is 0 Å². The van der Waals surface area contributed by atoms with Crippen LogP contribution in [-0.4, -0.2) is 42.1 Å². The summed E-state index contributed by atoms with van der Waals surface area (Å²) in [6.45, 7) is 1.88. The van der Waals surface area contributed by atoms with Gasteiger partial charge in [-0.15, -0.1) is 11.8 Å². The van der Waals surface area contributed by atoms with Gasteiger partial charge in [-0.1, -0.05) is 24.3 Å². The highest BCUT2D eigenvalue weighted by molar-refractivity contribution is 7.98. The maximum Gasteiger partial charge on any atom is 0.414 e. The lowest BCUT2D eigenvalue weighted by Crippen LogP contribution is -2.16. The van der Waals surface area contributed by atoms with E-state index in [-0.39, 0.29) is 0 Å². The maximum absolute atomic E-state index is 9.10. The monoisotopic (exact) mass is 377 g/mol. The van der Waals surface area contributed by atoms with Gasteiger partial charge in [0.15, 0.2) is 0 Å². The van der Waals surface area contributed by atoms with Gasteiger partial charge in [0.25, 0.3) is 0 Å². The van der Waals surface area contributed by atoms with Crippen LogP contribution in [0, 0.1) is 0 Å². The minimum Gasteiger partial charge on any atom is -0.497 e. The molecule has 7 heteroatoms. The molecule has 0 aromatic heterocycles. The second-order valence-corrected chi connectivity index (χ2v) is 6.12. The predicted molar refractivity (Wildman–Crippen MR) is 102 cm³/mol. The largest absolute Gasteiger partial charge is 0.497 e. The number of thioether (sulfide) groups is 1. The highest BCUT2D eigenvalue weighted by Gasteiger charge is 2.04. The molecule has 2 aromatic carbocycles. The first-order valence-electron chi connectivity index (χ1n) is 7.89. The van der Waals surface area contributed by atoms with Crippen molar-refractivity contribution < 1.29 is 24.5 Å². The van der Waals surface area contributed by atoms with Gasteiger partial charge in [-0.3, -0.25) is 0 Å². The average Bonchev–Trinajstić information content (AvgIpc) is 2.66. The van der Waals surface area contributed by atoms with Crippen LogP contribution in [0.3, 0.4) is 0 Å². The van der Waals surface area contributed by atoms with Crippen molar-refractivity contribution in [3.8, 4) is 5.75 Å². The van der Waals surface area contributed by atoms with Crippen molar-refractivity contribution in [1.29, 1.82) is 0 Å². The smallest absolute Gasteiger partial charge is 0.414 e. The molecule has 0 unspecified atom stereocenters.